The maximum Gasteiger partial charge on any atom is 0.264 e. The lowest BCUT2D eigenvalue weighted by Gasteiger charge is -2.33. The highest BCUT2D eigenvalue weighted by Gasteiger charge is 2.33. The molecule has 0 saturated heterocycles. The number of benzene rings is 3. The van der Waals surface area contributed by atoms with Gasteiger partial charge in [-0.05, 0) is 56.2 Å². The third-order valence-electron chi connectivity index (χ3n) is 7.16. The maximum absolute atomic E-state index is 14.7. The number of hydrogen-bond acceptors (Lipinski definition) is 4. The zero-order valence-corrected chi connectivity index (χ0v) is 24.9. The Morgan fingerprint density at radius 3 is 2.20 bits per heavy atom. The van der Waals surface area contributed by atoms with Gasteiger partial charge in [0.25, 0.3) is 10.0 Å². The number of nitrogens with zero attached hydrogens (tertiary/aromatic N) is 2. The lowest BCUT2D eigenvalue weighted by atomic mass is 9.95. The quantitative estimate of drug-likeness (QED) is 0.293. The zero-order valence-electron chi connectivity index (χ0n) is 22.6. The number of carbonyl (C=O) groups excluding carboxylic acids is 2. The molecule has 0 aliphatic heterocycles. The number of halogens is 3. The summed E-state index contributed by atoms with van der Waals surface area (Å²) in [6.07, 6.45) is 4.81. The number of sulfonamides is 1. The van der Waals surface area contributed by atoms with E-state index < -0.39 is 34.3 Å². The molecule has 11 heteroatoms. The van der Waals surface area contributed by atoms with Crippen LogP contribution in [0.2, 0.25) is 10.0 Å². The third kappa shape index (κ3) is 7.78. The van der Waals surface area contributed by atoms with Gasteiger partial charge in [0.1, 0.15) is 18.4 Å². The fraction of sp³-hybridized carbons (Fsp3) is 0.333. The van der Waals surface area contributed by atoms with Gasteiger partial charge in [-0.3, -0.25) is 13.9 Å². The first kappa shape index (κ1) is 30.8. The molecular weight excluding hydrogens is 588 g/mol. The van der Waals surface area contributed by atoms with Crippen LogP contribution in [0.15, 0.2) is 77.7 Å². The predicted molar refractivity (Wildman–Crippen MR) is 159 cm³/mol. The first-order valence-electron chi connectivity index (χ1n) is 13.4. The molecule has 1 atom stereocenters. The average molecular weight is 621 g/mol. The van der Waals surface area contributed by atoms with Crippen LogP contribution in [0, 0.1) is 5.82 Å². The van der Waals surface area contributed by atoms with E-state index in [0.29, 0.717) is 0 Å². The Balaban J connectivity index is 1.70. The lowest BCUT2D eigenvalue weighted by Crippen LogP contribution is -2.53. The van der Waals surface area contributed by atoms with E-state index in [9.17, 15) is 22.4 Å². The fourth-order valence-electron chi connectivity index (χ4n) is 4.89. The van der Waals surface area contributed by atoms with Crippen molar-refractivity contribution in [2.75, 3.05) is 10.8 Å². The van der Waals surface area contributed by atoms with Crippen molar-refractivity contribution in [3.63, 3.8) is 0 Å². The van der Waals surface area contributed by atoms with E-state index in [1.165, 1.54) is 53.4 Å². The number of nitrogens with one attached hydrogen (secondary N) is 1. The number of carbonyl (C=O) groups is 2. The Labute approximate surface area is 250 Å². The highest BCUT2D eigenvalue weighted by atomic mass is 35.5. The van der Waals surface area contributed by atoms with Crippen LogP contribution in [0.25, 0.3) is 0 Å². The molecule has 0 spiro atoms. The summed E-state index contributed by atoms with van der Waals surface area (Å²) in [5, 5.41) is 3.37. The Hall–Kier alpha value is -3.14. The van der Waals surface area contributed by atoms with Gasteiger partial charge in [-0.2, -0.15) is 0 Å². The Morgan fingerprint density at radius 1 is 0.951 bits per heavy atom. The second kappa shape index (κ2) is 13.7. The van der Waals surface area contributed by atoms with E-state index in [2.05, 4.69) is 5.32 Å². The van der Waals surface area contributed by atoms with E-state index in [4.69, 9.17) is 23.2 Å². The van der Waals surface area contributed by atoms with E-state index in [1.807, 2.05) is 0 Å². The molecule has 0 radical (unpaired) electrons. The van der Waals surface area contributed by atoms with Crippen LogP contribution in [-0.2, 0) is 26.2 Å². The summed E-state index contributed by atoms with van der Waals surface area (Å²) in [7, 11) is -4.27. The van der Waals surface area contributed by atoms with Crippen molar-refractivity contribution in [1.82, 2.24) is 10.2 Å². The molecule has 1 fully saturated rings. The van der Waals surface area contributed by atoms with Crippen molar-refractivity contribution in [2.45, 2.75) is 62.6 Å². The van der Waals surface area contributed by atoms with Gasteiger partial charge < -0.3 is 10.2 Å². The molecule has 218 valence electrons. The first-order chi connectivity index (χ1) is 19.6. The molecule has 41 heavy (non-hydrogen) atoms. The van der Waals surface area contributed by atoms with Gasteiger partial charge in [0.05, 0.1) is 10.6 Å². The minimum Gasteiger partial charge on any atom is -0.352 e. The highest BCUT2D eigenvalue weighted by Crippen LogP contribution is 2.30. The molecule has 3 aromatic rings. The monoisotopic (exact) mass is 619 g/mol. The summed E-state index contributed by atoms with van der Waals surface area (Å²) in [5.74, 6) is -1.62. The summed E-state index contributed by atoms with van der Waals surface area (Å²) in [5.41, 5.74) is 0.270. The molecule has 4 rings (SSSR count). The molecule has 3 aromatic carbocycles. The average Bonchev–Trinajstić information content (AvgIpc) is 2.95. The molecule has 2 amide bonds. The molecule has 1 saturated carbocycles. The maximum atomic E-state index is 14.7. The SMILES string of the molecule is CC(C(=O)NC1CCCCC1)N(Cc1ccccc1F)C(=O)CN(c1cc(Cl)cc(Cl)c1)S(=O)(=O)c1ccccc1. The Bertz CT molecular complexity index is 1460. The minimum atomic E-state index is -4.27. The largest absolute Gasteiger partial charge is 0.352 e. The molecule has 1 unspecified atom stereocenters. The van der Waals surface area contributed by atoms with Gasteiger partial charge >= 0.3 is 0 Å². The second-order valence-electron chi connectivity index (χ2n) is 10.1. The fourth-order valence-corrected chi connectivity index (χ4v) is 6.83. The van der Waals surface area contributed by atoms with E-state index in [0.717, 1.165) is 36.4 Å². The smallest absolute Gasteiger partial charge is 0.264 e. The van der Waals surface area contributed by atoms with Crippen molar-refractivity contribution in [2.24, 2.45) is 0 Å². The first-order valence-corrected chi connectivity index (χ1v) is 15.6. The predicted octanol–water partition coefficient (Wildman–Crippen LogP) is 6.19. The second-order valence-corrected chi connectivity index (χ2v) is 12.8. The Kier molecular flexibility index (Phi) is 10.3. The molecule has 1 aliphatic rings. The molecule has 1 aliphatic carbocycles. The van der Waals surface area contributed by atoms with Crippen molar-refractivity contribution in [1.29, 1.82) is 0 Å². The van der Waals surface area contributed by atoms with E-state index >= 15 is 0 Å². The van der Waals surface area contributed by atoms with Crippen LogP contribution < -0.4 is 9.62 Å². The van der Waals surface area contributed by atoms with Crippen LogP contribution in [0.4, 0.5) is 10.1 Å². The molecule has 1 N–H and O–H groups in total. The minimum absolute atomic E-state index is 0.00678. The van der Waals surface area contributed by atoms with Crippen molar-refractivity contribution < 1.29 is 22.4 Å². The van der Waals surface area contributed by atoms with Gasteiger partial charge in [-0.15, -0.1) is 0 Å². The summed E-state index contributed by atoms with van der Waals surface area (Å²) < 4.78 is 43.3. The normalized spacial score (nSPS) is 14.7. The van der Waals surface area contributed by atoms with Gasteiger partial charge in [0.2, 0.25) is 11.8 Å². The highest BCUT2D eigenvalue weighted by molar-refractivity contribution is 7.92. The summed E-state index contributed by atoms with van der Waals surface area (Å²) >= 11 is 12.4. The van der Waals surface area contributed by atoms with Crippen molar-refractivity contribution in [3.8, 4) is 0 Å². The Morgan fingerprint density at radius 2 is 1.56 bits per heavy atom. The molecule has 7 nitrogen and oxygen atoms in total. The van der Waals surface area contributed by atoms with Crippen LogP contribution in [-0.4, -0.2) is 43.8 Å². The van der Waals surface area contributed by atoms with E-state index in [-0.39, 0.29) is 44.7 Å². The molecule has 0 heterocycles. The number of hydrogen-bond donors (Lipinski definition) is 1. The number of amides is 2. The molecular formula is C30H32Cl2FN3O4S. The number of rotatable bonds is 10. The van der Waals surface area contributed by atoms with Crippen LogP contribution >= 0.6 is 23.2 Å². The van der Waals surface area contributed by atoms with Gasteiger partial charge in [-0.1, -0.05) is 78.9 Å². The zero-order chi connectivity index (χ0) is 29.6. The topological polar surface area (TPSA) is 86.8 Å². The molecule has 0 aromatic heterocycles. The van der Waals surface area contributed by atoms with Crippen LogP contribution in [0.3, 0.4) is 0 Å². The number of anilines is 1. The van der Waals surface area contributed by atoms with Gasteiger partial charge in [-0.25, -0.2) is 12.8 Å². The van der Waals surface area contributed by atoms with Gasteiger partial charge in [0.15, 0.2) is 0 Å². The summed E-state index contributed by atoms with van der Waals surface area (Å²) in [6, 6.07) is 16.8. The third-order valence-corrected chi connectivity index (χ3v) is 9.39. The van der Waals surface area contributed by atoms with Crippen molar-refractivity contribution in [3.05, 3.63) is 94.2 Å². The summed E-state index contributed by atoms with van der Waals surface area (Å²) in [4.78, 5) is 28.5. The van der Waals surface area contributed by atoms with Crippen LogP contribution in [0.1, 0.15) is 44.6 Å². The van der Waals surface area contributed by atoms with Crippen molar-refractivity contribution >= 4 is 50.7 Å². The van der Waals surface area contributed by atoms with E-state index in [1.54, 1.807) is 31.2 Å². The summed E-state index contributed by atoms with van der Waals surface area (Å²) in [6.45, 7) is 0.646. The lowest BCUT2D eigenvalue weighted by molar-refractivity contribution is -0.139. The van der Waals surface area contributed by atoms with Gasteiger partial charge in [0, 0.05) is 28.2 Å². The van der Waals surface area contributed by atoms with Crippen LogP contribution in [0.5, 0.6) is 0 Å². The standard InChI is InChI=1S/C30H32Cl2FN3O4S/c1-21(30(38)34-25-11-4-2-5-12-25)35(19-22-10-8-9-15-28(22)33)29(37)20-36(26-17-23(31)16-24(32)18-26)41(39,40)27-13-6-3-7-14-27/h3,6-10,13-18,21,25H,2,4-5,11-12,19-20H2,1H3,(H,34,38). The molecule has 0 bridgehead atoms.